The average Bonchev–Trinajstić information content (AvgIpc) is 3.71. The van der Waals surface area contributed by atoms with Gasteiger partial charge in [-0.15, -0.1) is 0 Å². The van der Waals surface area contributed by atoms with E-state index in [0.29, 0.717) is 43.2 Å². The molecule has 5 rings (SSSR count). The van der Waals surface area contributed by atoms with Gasteiger partial charge in [-0.2, -0.15) is 0 Å². The first kappa shape index (κ1) is 26.1. The molecule has 1 saturated carbocycles. The number of hydrogen-bond donors (Lipinski definition) is 2. The van der Waals surface area contributed by atoms with Crippen molar-refractivity contribution in [3.05, 3.63) is 83.4 Å². The fourth-order valence-corrected chi connectivity index (χ4v) is 5.95. The van der Waals surface area contributed by atoms with Gasteiger partial charge in [-0.05, 0) is 84.3 Å². The molecule has 1 heterocycles. The normalized spacial score (nSPS) is 17.1. The molecule has 1 saturated heterocycles. The first-order valence-corrected chi connectivity index (χ1v) is 14.9. The average molecular weight is 532 g/mol. The minimum atomic E-state index is -2.89. The van der Waals surface area contributed by atoms with Crippen LogP contribution < -0.4 is 10.6 Å². The van der Waals surface area contributed by atoms with Crippen LogP contribution >= 0.6 is 0 Å². The summed E-state index contributed by atoms with van der Waals surface area (Å²) < 4.78 is 23.2. The third-order valence-corrected chi connectivity index (χ3v) is 8.81. The molecule has 3 aromatic rings. The van der Waals surface area contributed by atoms with Crippen molar-refractivity contribution in [3.8, 4) is 11.1 Å². The molecule has 0 unspecified atom stereocenters. The summed E-state index contributed by atoms with van der Waals surface area (Å²) in [6.45, 7) is 3.82. The summed E-state index contributed by atoms with van der Waals surface area (Å²) in [6.07, 6.45) is 2.87. The van der Waals surface area contributed by atoms with E-state index in [1.54, 1.807) is 12.1 Å². The third kappa shape index (κ3) is 6.88. The largest absolute Gasteiger partial charge is 0.326 e. The van der Waals surface area contributed by atoms with Gasteiger partial charge in [0.2, 0.25) is 5.91 Å². The van der Waals surface area contributed by atoms with Crippen LogP contribution in [0.1, 0.15) is 40.7 Å². The van der Waals surface area contributed by atoms with E-state index in [2.05, 4.69) is 15.5 Å². The molecule has 0 aromatic heterocycles. The molecule has 198 valence electrons. The lowest BCUT2D eigenvalue weighted by atomic mass is 9.98. The Bertz CT molecular complexity index is 1420. The van der Waals surface area contributed by atoms with Gasteiger partial charge < -0.3 is 10.6 Å². The molecule has 2 N–H and O–H groups in total. The van der Waals surface area contributed by atoms with Crippen LogP contribution in [0, 0.1) is 12.8 Å². The number of nitrogens with zero attached hydrogens (tertiary/aromatic N) is 1. The monoisotopic (exact) mass is 531 g/mol. The smallest absolute Gasteiger partial charge is 0.255 e. The number of aryl methyl sites for hydroxylation is 1. The van der Waals surface area contributed by atoms with Gasteiger partial charge in [-0.25, -0.2) is 8.42 Å². The molecule has 2 aliphatic rings. The van der Waals surface area contributed by atoms with Gasteiger partial charge in [0, 0.05) is 43.0 Å². The highest BCUT2D eigenvalue weighted by Crippen LogP contribution is 2.33. The van der Waals surface area contributed by atoms with Gasteiger partial charge in [0.25, 0.3) is 5.91 Å². The molecule has 3 aromatic carbocycles. The lowest BCUT2D eigenvalue weighted by Crippen LogP contribution is -2.39. The Labute approximate surface area is 224 Å². The van der Waals surface area contributed by atoms with E-state index in [0.717, 1.165) is 40.8 Å². The van der Waals surface area contributed by atoms with E-state index in [4.69, 9.17) is 0 Å². The van der Waals surface area contributed by atoms with Crippen molar-refractivity contribution in [1.82, 2.24) is 4.90 Å². The Morgan fingerprint density at radius 2 is 1.53 bits per heavy atom. The number of nitrogens with one attached hydrogen (secondary N) is 2. The van der Waals surface area contributed by atoms with Gasteiger partial charge in [0.1, 0.15) is 0 Å². The van der Waals surface area contributed by atoms with Gasteiger partial charge in [0.15, 0.2) is 9.84 Å². The Morgan fingerprint density at radius 1 is 0.868 bits per heavy atom. The summed E-state index contributed by atoms with van der Waals surface area (Å²) >= 11 is 0. The summed E-state index contributed by atoms with van der Waals surface area (Å²) in [6, 6.07) is 21.0. The molecule has 0 atom stereocenters. The van der Waals surface area contributed by atoms with Crippen molar-refractivity contribution in [2.75, 3.05) is 35.2 Å². The zero-order valence-corrected chi connectivity index (χ0v) is 22.4. The van der Waals surface area contributed by atoms with Gasteiger partial charge in [-0.3, -0.25) is 14.5 Å². The van der Waals surface area contributed by atoms with Crippen LogP contribution in [0.2, 0.25) is 0 Å². The predicted molar refractivity (Wildman–Crippen MR) is 151 cm³/mol. The lowest BCUT2D eigenvalue weighted by Gasteiger charge is -2.26. The van der Waals surface area contributed by atoms with Crippen molar-refractivity contribution in [3.63, 3.8) is 0 Å². The highest BCUT2D eigenvalue weighted by atomic mass is 32.2. The summed E-state index contributed by atoms with van der Waals surface area (Å²) in [5, 5.41) is 5.95. The molecule has 1 aliphatic heterocycles. The van der Waals surface area contributed by atoms with Crippen LogP contribution in [0.5, 0.6) is 0 Å². The van der Waals surface area contributed by atoms with E-state index in [1.165, 1.54) is 0 Å². The van der Waals surface area contributed by atoms with E-state index in [-0.39, 0.29) is 23.3 Å². The summed E-state index contributed by atoms with van der Waals surface area (Å²) in [5.74, 6) is 0.830. The lowest BCUT2D eigenvalue weighted by molar-refractivity contribution is -0.116. The number of carbonyl (C=O) groups is 2. The van der Waals surface area contributed by atoms with E-state index < -0.39 is 9.84 Å². The van der Waals surface area contributed by atoms with Crippen LogP contribution in [0.3, 0.4) is 0 Å². The Kier molecular flexibility index (Phi) is 7.63. The maximum Gasteiger partial charge on any atom is 0.255 e. The molecule has 7 nitrogen and oxygen atoms in total. The molecule has 0 spiro atoms. The topological polar surface area (TPSA) is 95.6 Å². The van der Waals surface area contributed by atoms with Gasteiger partial charge in [0.05, 0.1) is 11.5 Å². The maximum atomic E-state index is 12.8. The number of carbonyl (C=O) groups excluding carboxylic acids is 2. The number of benzene rings is 3. The highest BCUT2D eigenvalue weighted by Gasteiger charge is 2.24. The Morgan fingerprint density at radius 3 is 2.18 bits per heavy atom. The highest BCUT2D eigenvalue weighted by molar-refractivity contribution is 7.91. The minimum Gasteiger partial charge on any atom is -0.326 e. The third-order valence-electron chi connectivity index (χ3n) is 7.21. The quantitative estimate of drug-likeness (QED) is 0.432. The molecular formula is C30H33N3O4S. The van der Waals surface area contributed by atoms with Gasteiger partial charge >= 0.3 is 0 Å². The molecule has 38 heavy (non-hydrogen) atoms. The number of sulfone groups is 1. The first-order chi connectivity index (χ1) is 18.2. The zero-order valence-electron chi connectivity index (χ0n) is 21.6. The number of amides is 2. The van der Waals surface area contributed by atoms with Gasteiger partial charge in [-0.1, -0.05) is 30.3 Å². The summed E-state index contributed by atoms with van der Waals surface area (Å²) in [7, 11) is -2.89. The zero-order chi connectivity index (χ0) is 26.7. The molecular weight excluding hydrogens is 498 g/mol. The fourth-order valence-electron chi connectivity index (χ4n) is 4.67. The molecule has 1 aliphatic carbocycles. The number of rotatable bonds is 8. The second-order valence-electron chi connectivity index (χ2n) is 10.4. The number of anilines is 2. The van der Waals surface area contributed by atoms with Crippen molar-refractivity contribution < 1.29 is 18.0 Å². The van der Waals surface area contributed by atoms with Crippen molar-refractivity contribution in [1.29, 1.82) is 0 Å². The van der Waals surface area contributed by atoms with Crippen molar-refractivity contribution in [2.24, 2.45) is 5.92 Å². The number of hydrogen-bond acceptors (Lipinski definition) is 5. The first-order valence-electron chi connectivity index (χ1n) is 13.1. The summed E-state index contributed by atoms with van der Waals surface area (Å²) in [5.41, 5.74) is 6.21. The second kappa shape index (κ2) is 11.1. The van der Waals surface area contributed by atoms with Crippen LogP contribution in [-0.4, -0.2) is 49.7 Å². The Balaban J connectivity index is 1.18. The standard InChI is InChI=1S/C30H33N3O4S/c1-21-2-11-27(31-29(34)18-22-3-4-22)19-28(21)24-7-9-25(10-8-24)30(35)32-26-12-5-23(6-13-26)20-33-14-16-38(36,37)17-15-33/h2,5-13,19,22H,3-4,14-18,20H2,1H3,(H,31,34)(H,32,35). The SMILES string of the molecule is Cc1ccc(NC(=O)CC2CC2)cc1-c1ccc(C(=O)Nc2ccc(CN3CCS(=O)(=O)CC3)cc2)cc1. The van der Waals surface area contributed by atoms with Crippen molar-refractivity contribution >= 4 is 33.0 Å². The molecule has 2 fully saturated rings. The predicted octanol–water partition coefficient (Wildman–Crippen LogP) is 4.88. The molecule has 8 heteroatoms. The summed E-state index contributed by atoms with van der Waals surface area (Å²) in [4.78, 5) is 27.2. The van der Waals surface area contributed by atoms with Crippen LogP contribution in [0.4, 0.5) is 11.4 Å². The van der Waals surface area contributed by atoms with E-state index in [9.17, 15) is 18.0 Å². The Hall–Kier alpha value is -3.49. The fraction of sp³-hybridized carbons (Fsp3) is 0.333. The van der Waals surface area contributed by atoms with E-state index >= 15 is 0 Å². The minimum absolute atomic E-state index is 0.0595. The van der Waals surface area contributed by atoms with Crippen LogP contribution in [0.25, 0.3) is 11.1 Å². The second-order valence-corrected chi connectivity index (χ2v) is 12.7. The van der Waals surface area contributed by atoms with Crippen LogP contribution in [0.15, 0.2) is 66.7 Å². The molecule has 2 amide bonds. The molecule has 0 radical (unpaired) electrons. The maximum absolute atomic E-state index is 12.8. The van der Waals surface area contributed by atoms with Crippen LogP contribution in [-0.2, 0) is 21.2 Å². The molecule has 0 bridgehead atoms. The van der Waals surface area contributed by atoms with E-state index in [1.807, 2.05) is 61.5 Å². The van der Waals surface area contributed by atoms with Crippen molar-refractivity contribution in [2.45, 2.75) is 32.7 Å².